The predicted octanol–water partition coefficient (Wildman–Crippen LogP) is 7.41. The van der Waals surface area contributed by atoms with E-state index >= 15 is 0 Å². The fourth-order valence-electron chi connectivity index (χ4n) is 13.2. The zero-order chi connectivity index (χ0) is 61.6. The summed E-state index contributed by atoms with van der Waals surface area (Å²) in [6, 6.07) is 0. The summed E-state index contributed by atoms with van der Waals surface area (Å²) in [5.41, 5.74) is -4.33. The maximum absolute atomic E-state index is 12.4. The Morgan fingerprint density at radius 1 is 0.554 bits per heavy atom. The van der Waals surface area contributed by atoms with E-state index in [1.54, 1.807) is 27.7 Å². The summed E-state index contributed by atoms with van der Waals surface area (Å²) in [6.07, 6.45) is 7.76. The second kappa shape index (κ2) is 24.4. The van der Waals surface area contributed by atoms with Gasteiger partial charge >= 0.3 is 53.9 Å². The molecule has 13 fully saturated rings. The van der Waals surface area contributed by atoms with E-state index in [-0.39, 0.29) is 78.0 Å². The number of aliphatic hydroxyl groups is 1. The highest BCUT2D eigenvalue weighted by atomic mass is 16.9. The molecule has 0 amide bonds. The fourth-order valence-corrected chi connectivity index (χ4v) is 13.2. The van der Waals surface area contributed by atoms with Crippen molar-refractivity contribution in [2.45, 2.75) is 284 Å². The predicted molar refractivity (Wildman–Crippen MR) is 286 cm³/mol. The summed E-state index contributed by atoms with van der Waals surface area (Å²) in [5.74, 6) is -3.06. The minimum absolute atomic E-state index is 0.0231. The number of hydrogen-bond acceptors (Lipinski definition) is 22. The second-order valence-corrected chi connectivity index (χ2v) is 28.0. The molecule has 22 heteroatoms. The molecular weight excluding hydrogens is 1080 g/mol. The largest absolute Gasteiger partial charge is 0.462 e. The first kappa shape index (κ1) is 65.5. The van der Waals surface area contributed by atoms with Gasteiger partial charge in [0.05, 0.1) is 39.1 Å². The molecule has 8 saturated heterocycles. The minimum atomic E-state index is -1.07. The van der Waals surface area contributed by atoms with Crippen molar-refractivity contribution >= 4 is 53.9 Å². The second-order valence-electron chi connectivity index (χ2n) is 28.0. The lowest BCUT2D eigenvalue weighted by atomic mass is 9.62. The van der Waals surface area contributed by atoms with Crippen molar-refractivity contribution in [1.82, 2.24) is 0 Å². The van der Waals surface area contributed by atoms with Crippen LogP contribution >= 0.6 is 0 Å². The first-order valence-electron chi connectivity index (χ1n) is 30.0. The lowest BCUT2D eigenvalue weighted by molar-refractivity contribution is -0.217. The molecule has 8 heterocycles. The van der Waals surface area contributed by atoms with Crippen molar-refractivity contribution in [2.75, 3.05) is 0 Å². The van der Waals surface area contributed by atoms with Crippen molar-refractivity contribution in [1.29, 1.82) is 0 Å². The van der Waals surface area contributed by atoms with E-state index in [0.717, 1.165) is 44.9 Å². The molecule has 22 nitrogen and oxygen atoms in total. The quantitative estimate of drug-likeness (QED) is 0.147. The number of hydrogen-bond donors (Lipinski definition) is 1. The number of fused-ring (bicyclic) bond motifs is 6. The van der Waals surface area contributed by atoms with Crippen molar-refractivity contribution in [2.24, 2.45) is 45.3 Å². The third-order valence-corrected chi connectivity index (χ3v) is 19.5. The summed E-state index contributed by atoms with van der Waals surface area (Å²) in [4.78, 5) is 113. The Labute approximate surface area is 486 Å². The van der Waals surface area contributed by atoms with Crippen molar-refractivity contribution in [3.05, 3.63) is 0 Å². The monoisotopic (exact) mass is 1170 g/mol. The van der Waals surface area contributed by atoms with Crippen LogP contribution in [0.3, 0.4) is 0 Å². The van der Waals surface area contributed by atoms with Crippen LogP contribution in [0.25, 0.3) is 0 Å². The van der Waals surface area contributed by atoms with Crippen molar-refractivity contribution < 1.29 is 105 Å². The van der Waals surface area contributed by atoms with Crippen LogP contribution in [0.4, 0.5) is 0 Å². The van der Waals surface area contributed by atoms with Crippen LogP contribution in [0.15, 0.2) is 0 Å². The average molecular weight is 1180 g/mol. The third-order valence-electron chi connectivity index (χ3n) is 19.5. The molecule has 0 aromatic heterocycles. The summed E-state index contributed by atoms with van der Waals surface area (Å²) in [7, 11) is 0. The van der Waals surface area contributed by atoms with Crippen LogP contribution in [-0.4, -0.2) is 137 Å². The highest BCUT2D eigenvalue weighted by Crippen LogP contribution is 2.55. The molecule has 83 heavy (non-hydrogen) atoms. The summed E-state index contributed by atoms with van der Waals surface area (Å²) in [6.45, 7) is 26.1. The van der Waals surface area contributed by atoms with Gasteiger partial charge in [-0.05, 0) is 146 Å². The van der Waals surface area contributed by atoms with E-state index in [2.05, 4.69) is 0 Å². The molecule has 13 rings (SSSR count). The Kier molecular flexibility index (Phi) is 19.3. The summed E-state index contributed by atoms with van der Waals surface area (Å²) < 4.78 is 61.1. The molecule has 13 aliphatic rings. The Morgan fingerprint density at radius 2 is 1.06 bits per heavy atom. The summed E-state index contributed by atoms with van der Waals surface area (Å²) in [5, 5.41) is 10.7. The topological polar surface area (TPSA) is 292 Å². The van der Waals surface area contributed by atoms with Gasteiger partial charge in [-0.1, -0.05) is 27.7 Å². The molecule has 0 aromatic rings. The van der Waals surface area contributed by atoms with Gasteiger partial charge < -0.3 is 57.2 Å². The van der Waals surface area contributed by atoms with Crippen LogP contribution in [0, 0.1) is 45.3 Å². The first-order chi connectivity index (χ1) is 38.5. The molecule has 466 valence electrons. The van der Waals surface area contributed by atoms with E-state index in [0.29, 0.717) is 70.1 Å². The van der Waals surface area contributed by atoms with E-state index < -0.39 is 93.0 Å². The van der Waals surface area contributed by atoms with E-state index in [1.165, 1.54) is 0 Å². The van der Waals surface area contributed by atoms with Gasteiger partial charge in [-0.25, -0.2) is 9.59 Å². The van der Waals surface area contributed by atoms with Gasteiger partial charge in [0.15, 0.2) is 24.3 Å². The molecule has 0 aromatic carbocycles. The fraction of sp³-hybridized carbons (Fsp3) is 0.852. The molecule has 1 N–H and O–H groups in total. The van der Waals surface area contributed by atoms with Crippen molar-refractivity contribution in [3.63, 3.8) is 0 Å². The highest BCUT2D eigenvalue weighted by Gasteiger charge is 2.65. The Hall–Kier alpha value is -5.02. The van der Waals surface area contributed by atoms with Gasteiger partial charge in [-0.3, -0.25) is 28.8 Å². The number of ether oxygens (including phenoxy) is 11. The third kappa shape index (κ3) is 14.3. The Balaban J connectivity index is 0.000000157. The molecular formula is C61H90O22. The summed E-state index contributed by atoms with van der Waals surface area (Å²) >= 11 is 0. The zero-order valence-corrected chi connectivity index (χ0v) is 51.0. The van der Waals surface area contributed by atoms with Gasteiger partial charge in [0, 0.05) is 44.4 Å². The highest BCUT2D eigenvalue weighted by molar-refractivity contribution is 5.85. The van der Waals surface area contributed by atoms with Crippen LogP contribution in [-0.2, 0) is 100 Å². The van der Waals surface area contributed by atoms with Crippen LogP contribution < -0.4 is 0 Å². The average Bonchev–Trinajstić information content (AvgIpc) is 4.17. The van der Waals surface area contributed by atoms with Gasteiger partial charge in [-0.2, -0.15) is 9.59 Å². The van der Waals surface area contributed by atoms with E-state index in [4.69, 9.17) is 61.7 Å². The Morgan fingerprint density at radius 3 is 1.65 bits per heavy atom. The standard InChI is InChI=1S/C16H24O5.C16H24O4.C15H22O7.C13H20O4.CO2/c1-4-14(2,3)13(18)21-16-6-10-5-15(19,9-16)7-11(8-16)20-12(10)17;1-4-15(2,3)14(18)20-16-7-10-5-11(8-16)13(17)19-12(6-10)9-16;1-6-14(2,3)13(17)20-9-7-8(18-11(9)16)10-12(19-7)22-15(4,5)21-10;1-4-13(2,3)12(15)17-10-8-6-5-7-9(8)16-11(10)14;2-1-3/h10-11,19H,4-9H2,1-3H3;10-12H,4-9H2,1-3H3;7-10,12H,6H2,1-5H3;8-10H,4-7H2,1-3H3;. The van der Waals surface area contributed by atoms with Crippen LogP contribution in [0.1, 0.15) is 206 Å². The number of carbonyl (C=O) groups excluding carboxylic acids is 10. The van der Waals surface area contributed by atoms with Gasteiger partial charge in [0.25, 0.3) is 0 Å². The van der Waals surface area contributed by atoms with Gasteiger partial charge in [0.1, 0.15) is 35.6 Å². The molecule has 16 unspecified atom stereocenters. The zero-order valence-electron chi connectivity index (χ0n) is 51.0. The maximum atomic E-state index is 12.4. The maximum Gasteiger partial charge on any atom is 0.373 e. The smallest absolute Gasteiger partial charge is 0.373 e. The number of carbonyl (C=O) groups is 8. The van der Waals surface area contributed by atoms with Crippen molar-refractivity contribution in [3.8, 4) is 0 Å². The SMILES string of the molecule is CCC(C)(C)C(=O)OC12CC3CC(C1)OC(=O)C(C3)C2.CCC(C)(C)C(=O)OC12CC3CC(O)(CC(C1)C(=O)O3)C2.CCC(C)(C)C(=O)OC1C(=O)OC2C3OC(C)(C)OC3OC12.CCC(C)(C)C(=O)OC1C(=O)OC2CCCC21.O=C=O. The van der Waals surface area contributed by atoms with E-state index in [9.17, 15) is 43.5 Å². The van der Waals surface area contributed by atoms with Gasteiger partial charge in [0.2, 0.25) is 12.2 Å². The molecule has 8 aliphatic heterocycles. The Bertz CT molecular complexity index is 2510. The molecule has 8 bridgehead atoms. The number of rotatable bonds is 12. The molecule has 5 aliphatic carbocycles. The normalized spacial score (nSPS) is 37.1. The molecule has 0 radical (unpaired) electrons. The van der Waals surface area contributed by atoms with Crippen LogP contribution in [0.5, 0.6) is 0 Å². The lowest BCUT2D eigenvalue weighted by Crippen LogP contribution is -2.57. The minimum Gasteiger partial charge on any atom is -0.462 e. The lowest BCUT2D eigenvalue weighted by Gasteiger charge is -2.50. The van der Waals surface area contributed by atoms with Crippen LogP contribution in [0.2, 0.25) is 0 Å². The van der Waals surface area contributed by atoms with E-state index in [1.807, 2.05) is 69.2 Å². The molecule has 16 atom stereocenters. The number of esters is 8. The molecule has 0 spiro atoms. The van der Waals surface area contributed by atoms with Gasteiger partial charge in [-0.15, -0.1) is 0 Å². The first-order valence-corrected chi connectivity index (χ1v) is 30.0. The molecule has 5 saturated carbocycles.